The van der Waals surface area contributed by atoms with Crippen LogP contribution in [0.5, 0.6) is 0 Å². The number of aliphatic carboxylic acids is 1. The highest BCUT2D eigenvalue weighted by Gasteiger charge is 2.26. The zero-order valence-electron chi connectivity index (χ0n) is 15.1. The fourth-order valence-electron chi connectivity index (χ4n) is 2.86. The van der Waals surface area contributed by atoms with Crippen LogP contribution in [0.1, 0.15) is 28.8 Å². The highest BCUT2D eigenvalue weighted by molar-refractivity contribution is 5.96. The summed E-state index contributed by atoms with van der Waals surface area (Å²) in [6.07, 6.45) is 2.22. The maximum atomic E-state index is 12.4. The molecule has 8 nitrogen and oxygen atoms in total. The van der Waals surface area contributed by atoms with Crippen LogP contribution in [0.4, 0.5) is 11.4 Å². The lowest BCUT2D eigenvalue weighted by molar-refractivity contribution is -0.384. The third-order valence-corrected chi connectivity index (χ3v) is 4.58. The third kappa shape index (κ3) is 5.06. The quantitative estimate of drug-likeness (QED) is 0.452. The minimum absolute atomic E-state index is 0.0705. The van der Waals surface area contributed by atoms with E-state index in [0.29, 0.717) is 5.69 Å². The normalized spacial score (nSPS) is 14.1. The zero-order valence-corrected chi connectivity index (χ0v) is 15.1. The molecule has 8 heteroatoms. The molecule has 0 aromatic heterocycles. The first-order valence-electron chi connectivity index (χ1n) is 9.04. The van der Waals surface area contributed by atoms with E-state index in [-0.39, 0.29) is 30.3 Å². The van der Waals surface area contributed by atoms with E-state index in [0.717, 1.165) is 18.4 Å². The average Bonchev–Trinajstić information content (AvgIpc) is 3.49. The fraction of sp³-hybridized carbons (Fsp3) is 0.300. The number of rotatable bonds is 9. The summed E-state index contributed by atoms with van der Waals surface area (Å²) in [6, 6.07) is 13.6. The van der Waals surface area contributed by atoms with Crippen LogP contribution in [0.15, 0.2) is 48.5 Å². The van der Waals surface area contributed by atoms with Crippen LogP contribution < -0.4 is 10.6 Å². The van der Waals surface area contributed by atoms with Gasteiger partial charge in [-0.25, -0.2) is 0 Å². The van der Waals surface area contributed by atoms with Crippen molar-refractivity contribution in [2.24, 2.45) is 5.92 Å². The molecule has 1 unspecified atom stereocenters. The van der Waals surface area contributed by atoms with Crippen LogP contribution in [-0.4, -0.2) is 34.5 Å². The van der Waals surface area contributed by atoms with Crippen LogP contribution in [0.2, 0.25) is 0 Å². The van der Waals surface area contributed by atoms with Gasteiger partial charge in [-0.1, -0.05) is 30.3 Å². The first kappa shape index (κ1) is 19.3. The molecule has 1 amide bonds. The van der Waals surface area contributed by atoms with Gasteiger partial charge in [-0.05, 0) is 37.0 Å². The van der Waals surface area contributed by atoms with Gasteiger partial charge in [0.15, 0.2) is 0 Å². The van der Waals surface area contributed by atoms with Gasteiger partial charge in [0.05, 0.1) is 10.8 Å². The van der Waals surface area contributed by atoms with Crippen LogP contribution in [-0.2, 0) is 11.2 Å². The molecule has 1 fully saturated rings. The fourth-order valence-corrected chi connectivity index (χ4v) is 2.86. The predicted octanol–water partition coefficient (Wildman–Crippen LogP) is 2.84. The molecule has 0 saturated heterocycles. The number of benzene rings is 2. The van der Waals surface area contributed by atoms with E-state index < -0.39 is 22.7 Å². The summed E-state index contributed by atoms with van der Waals surface area (Å²) in [7, 11) is 0. The highest BCUT2D eigenvalue weighted by atomic mass is 16.6. The highest BCUT2D eigenvalue weighted by Crippen LogP contribution is 2.31. The summed E-state index contributed by atoms with van der Waals surface area (Å²) < 4.78 is 0. The molecule has 2 aromatic carbocycles. The SMILES string of the molecule is O=C(NCC(Cc1ccccc1)C(=O)O)c1ccc(NC2CC2)c([N+](=O)[O-])c1. The van der Waals surface area contributed by atoms with E-state index in [1.807, 2.05) is 30.3 Å². The molecular weight excluding hydrogens is 362 g/mol. The monoisotopic (exact) mass is 383 g/mol. The Bertz CT molecular complexity index is 881. The standard InChI is InChI=1S/C20H21N3O5/c24-19(21-12-15(20(25)26)10-13-4-2-1-3-5-13)14-6-9-17(22-16-7-8-16)18(11-14)23(27)28/h1-6,9,11,15-16,22H,7-8,10,12H2,(H,21,24)(H,25,26). The van der Waals surface area contributed by atoms with Gasteiger partial charge in [-0.3, -0.25) is 19.7 Å². The molecule has 0 aliphatic heterocycles. The topological polar surface area (TPSA) is 122 Å². The molecular formula is C20H21N3O5. The van der Waals surface area contributed by atoms with Crippen molar-refractivity contribution in [3.05, 3.63) is 69.8 Å². The number of carbonyl (C=O) groups is 2. The lowest BCUT2D eigenvalue weighted by atomic mass is 9.99. The molecule has 1 aliphatic rings. The number of carboxylic acid groups (broad SMARTS) is 1. The molecule has 28 heavy (non-hydrogen) atoms. The van der Waals surface area contributed by atoms with Crippen LogP contribution in [0, 0.1) is 16.0 Å². The summed E-state index contributed by atoms with van der Waals surface area (Å²) in [6.45, 7) is -0.0705. The first-order valence-corrected chi connectivity index (χ1v) is 9.04. The molecule has 0 radical (unpaired) electrons. The number of hydrogen-bond acceptors (Lipinski definition) is 5. The van der Waals surface area contributed by atoms with Crippen molar-refractivity contribution in [1.82, 2.24) is 5.32 Å². The summed E-state index contributed by atoms with van der Waals surface area (Å²) in [5.74, 6) is -2.35. The Labute approximate surface area is 161 Å². The summed E-state index contributed by atoms with van der Waals surface area (Å²) in [5.41, 5.74) is 1.20. The van der Waals surface area contributed by atoms with Gasteiger partial charge >= 0.3 is 5.97 Å². The Balaban J connectivity index is 1.66. The molecule has 0 spiro atoms. The summed E-state index contributed by atoms with van der Waals surface area (Å²) >= 11 is 0. The Morgan fingerprint density at radius 2 is 1.89 bits per heavy atom. The van der Waals surface area contributed by atoms with E-state index in [9.17, 15) is 24.8 Å². The number of amides is 1. The third-order valence-electron chi connectivity index (χ3n) is 4.58. The van der Waals surface area contributed by atoms with Crippen molar-refractivity contribution < 1.29 is 19.6 Å². The second kappa shape index (κ2) is 8.51. The molecule has 0 bridgehead atoms. The van der Waals surface area contributed by atoms with Crippen molar-refractivity contribution in [3.8, 4) is 0 Å². The number of anilines is 1. The van der Waals surface area contributed by atoms with Crippen molar-refractivity contribution >= 4 is 23.3 Å². The molecule has 1 atom stereocenters. The maximum Gasteiger partial charge on any atom is 0.308 e. The van der Waals surface area contributed by atoms with Crippen LogP contribution in [0.3, 0.4) is 0 Å². The number of nitro groups is 1. The minimum Gasteiger partial charge on any atom is -0.481 e. The number of nitro benzene ring substituents is 1. The molecule has 1 saturated carbocycles. The smallest absolute Gasteiger partial charge is 0.308 e. The molecule has 0 heterocycles. The van der Waals surface area contributed by atoms with Gasteiger partial charge in [0.25, 0.3) is 11.6 Å². The summed E-state index contributed by atoms with van der Waals surface area (Å²) in [5, 5.41) is 26.4. The van der Waals surface area contributed by atoms with Gasteiger partial charge in [-0.15, -0.1) is 0 Å². The van der Waals surface area contributed by atoms with Gasteiger partial charge < -0.3 is 15.7 Å². The number of carboxylic acids is 1. The van der Waals surface area contributed by atoms with E-state index in [1.165, 1.54) is 18.2 Å². The van der Waals surface area contributed by atoms with E-state index in [4.69, 9.17) is 0 Å². The Morgan fingerprint density at radius 1 is 1.18 bits per heavy atom. The van der Waals surface area contributed by atoms with E-state index in [2.05, 4.69) is 10.6 Å². The first-order chi connectivity index (χ1) is 13.4. The predicted molar refractivity (Wildman–Crippen MR) is 103 cm³/mol. The summed E-state index contributed by atoms with van der Waals surface area (Å²) in [4.78, 5) is 34.7. The van der Waals surface area contributed by atoms with Gasteiger partial charge in [0.2, 0.25) is 0 Å². The van der Waals surface area contributed by atoms with Crippen LogP contribution >= 0.6 is 0 Å². The molecule has 2 aromatic rings. The average molecular weight is 383 g/mol. The second-order valence-electron chi connectivity index (χ2n) is 6.84. The lowest BCUT2D eigenvalue weighted by Gasteiger charge is -2.14. The Kier molecular flexibility index (Phi) is 5.88. The van der Waals surface area contributed by atoms with Crippen molar-refractivity contribution in [1.29, 1.82) is 0 Å². The molecule has 146 valence electrons. The second-order valence-corrected chi connectivity index (χ2v) is 6.84. The number of hydrogen-bond donors (Lipinski definition) is 3. The largest absolute Gasteiger partial charge is 0.481 e. The molecule has 1 aliphatic carbocycles. The van der Waals surface area contributed by atoms with Gasteiger partial charge in [0.1, 0.15) is 5.69 Å². The van der Waals surface area contributed by atoms with Gasteiger partial charge in [0, 0.05) is 24.2 Å². The molecule has 3 N–H and O–H groups in total. The number of nitrogens with zero attached hydrogens (tertiary/aromatic N) is 1. The molecule has 3 rings (SSSR count). The van der Waals surface area contributed by atoms with Crippen LogP contribution in [0.25, 0.3) is 0 Å². The van der Waals surface area contributed by atoms with E-state index >= 15 is 0 Å². The Morgan fingerprint density at radius 3 is 2.50 bits per heavy atom. The van der Waals surface area contributed by atoms with Crippen molar-refractivity contribution in [2.45, 2.75) is 25.3 Å². The van der Waals surface area contributed by atoms with Crippen molar-refractivity contribution in [2.75, 3.05) is 11.9 Å². The zero-order chi connectivity index (χ0) is 20.1. The van der Waals surface area contributed by atoms with E-state index in [1.54, 1.807) is 0 Å². The maximum absolute atomic E-state index is 12.4. The van der Waals surface area contributed by atoms with Crippen molar-refractivity contribution in [3.63, 3.8) is 0 Å². The lowest BCUT2D eigenvalue weighted by Crippen LogP contribution is -2.34. The number of carbonyl (C=O) groups excluding carboxylic acids is 1. The van der Waals surface area contributed by atoms with Gasteiger partial charge in [-0.2, -0.15) is 0 Å². The number of nitrogens with one attached hydrogen (secondary N) is 2. The Hall–Kier alpha value is -3.42. The minimum atomic E-state index is -1.01.